The van der Waals surface area contributed by atoms with Gasteiger partial charge in [-0.05, 0) is 23.8 Å². The fourth-order valence-corrected chi connectivity index (χ4v) is 4.35. The van der Waals surface area contributed by atoms with Crippen LogP contribution in [0, 0.1) is 0 Å². The molecule has 2 aromatic rings. The maximum absolute atomic E-state index is 6.29. The highest BCUT2D eigenvalue weighted by molar-refractivity contribution is 6.30. The molecule has 166 valence electrons. The molecule has 0 amide bonds. The average Bonchev–Trinajstić information content (AvgIpc) is 2.83. The van der Waals surface area contributed by atoms with Crippen LogP contribution >= 0.6 is 11.6 Å². The van der Waals surface area contributed by atoms with Gasteiger partial charge in [0.05, 0.1) is 19.3 Å². The van der Waals surface area contributed by atoms with Gasteiger partial charge in [-0.3, -0.25) is 9.89 Å². The van der Waals surface area contributed by atoms with Gasteiger partial charge in [0.1, 0.15) is 0 Å². The lowest BCUT2D eigenvalue weighted by atomic mass is 10.0. The predicted octanol–water partition coefficient (Wildman–Crippen LogP) is 1.90. The average molecular weight is 444 g/mol. The van der Waals surface area contributed by atoms with Crippen molar-refractivity contribution >= 4 is 23.5 Å². The molecular formula is C22H30ClN7O. The molecule has 0 radical (unpaired) electrons. The normalized spacial score (nSPS) is 19.4. The molecule has 1 aromatic heterocycles. The summed E-state index contributed by atoms with van der Waals surface area (Å²) in [6, 6.07) is 10.2. The molecular weight excluding hydrogens is 414 g/mol. The Labute approximate surface area is 188 Å². The first-order valence-corrected chi connectivity index (χ1v) is 11.2. The van der Waals surface area contributed by atoms with E-state index in [1.54, 1.807) is 12.4 Å². The number of benzene rings is 1. The lowest BCUT2D eigenvalue weighted by Crippen LogP contribution is -2.54. The SMILES string of the molecule is CN=C(NCC(c1cccc(Cl)c1)N1CCOCC1)N1CCN(c2ncccn2)CC1. The Balaban J connectivity index is 1.39. The van der Waals surface area contributed by atoms with Crippen molar-refractivity contribution in [2.45, 2.75) is 6.04 Å². The highest BCUT2D eigenvalue weighted by atomic mass is 35.5. The third-order valence-electron chi connectivity index (χ3n) is 5.80. The summed E-state index contributed by atoms with van der Waals surface area (Å²) in [5.74, 6) is 1.72. The lowest BCUT2D eigenvalue weighted by molar-refractivity contribution is 0.0169. The largest absolute Gasteiger partial charge is 0.379 e. The van der Waals surface area contributed by atoms with Gasteiger partial charge in [-0.15, -0.1) is 0 Å². The summed E-state index contributed by atoms with van der Waals surface area (Å²) < 4.78 is 5.56. The number of aromatic nitrogens is 2. The van der Waals surface area contributed by atoms with Crippen LogP contribution in [-0.2, 0) is 4.74 Å². The van der Waals surface area contributed by atoms with Crippen LogP contribution in [0.2, 0.25) is 5.02 Å². The fourth-order valence-electron chi connectivity index (χ4n) is 4.15. The van der Waals surface area contributed by atoms with Crippen LogP contribution in [0.4, 0.5) is 5.95 Å². The summed E-state index contributed by atoms with van der Waals surface area (Å²) in [6.07, 6.45) is 3.58. The van der Waals surface area contributed by atoms with E-state index >= 15 is 0 Å². The maximum atomic E-state index is 6.29. The molecule has 2 saturated heterocycles. The number of guanidine groups is 1. The van der Waals surface area contributed by atoms with Crippen LogP contribution in [0.5, 0.6) is 0 Å². The number of piperazine rings is 1. The molecule has 3 heterocycles. The van der Waals surface area contributed by atoms with Gasteiger partial charge < -0.3 is 19.9 Å². The topological polar surface area (TPSA) is 69.1 Å². The number of morpholine rings is 1. The van der Waals surface area contributed by atoms with Gasteiger partial charge in [0.2, 0.25) is 5.95 Å². The van der Waals surface area contributed by atoms with E-state index in [1.165, 1.54) is 5.56 Å². The molecule has 2 aliphatic rings. The van der Waals surface area contributed by atoms with E-state index in [2.05, 4.69) is 47.1 Å². The van der Waals surface area contributed by atoms with Crippen molar-refractivity contribution in [3.8, 4) is 0 Å². The van der Waals surface area contributed by atoms with Crippen molar-refractivity contribution < 1.29 is 4.74 Å². The summed E-state index contributed by atoms with van der Waals surface area (Å²) in [5.41, 5.74) is 1.21. The number of aliphatic imine (C=N–C) groups is 1. The Morgan fingerprint density at radius 1 is 1.10 bits per heavy atom. The predicted molar refractivity (Wildman–Crippen MR) is 124 cm³/mol. The second kappa shape index (κ2) is 10.7. The number of halogens is 1. The fraction of sp³-hybridized carbons (Fsp3) is 0.500. The molecule has 0 spiro atoms. The second-order valence-electron chi connectivity index (χ2n) is 7.67. The monoisotopic (exact) mass is 443 g/mol. The standard InChI is InChI=1S/C22H30ClN7O/c1-24-21(29-8-10-30(11-9-29)22-25-6-3-7-26-22)27-17-20(28-12-14-31-15-13-28)18-4-2-5-19(23)16-18/h2-7,16,20H,8-15,17H2,1H3,(H,24,27). The Hall–Kier alpha value is -2.42. The Morgan fingerprint density at radius 3 is 2.52 bits per heavy atom. The van der Waals surface area contributed by atoms with E-state index in [9.17, 15) is 0 Å². The number of anilines is 1. The summed E-state index contributed by atoms with van der Waals surface area (Å²) in [7, 11) is 1.85. The highest BCUT2D eigenvalue weighted by Gasteiger charge is 2.25. The first-order chi connectivity index (χ1) is 15.2. The number of hydrogen-bond donors (Lipinski definition) is 1. The molecule has 0 saturated carbocycles. The van der Waals surface area contributed by atoms with Gasteiger partial charge in [-0.2, -0.15) is 0 Å². The van der Waals surface area contributed by atoms with Gasteiger partial charge in [0.15, 0.2) is 5.96 Å². The highest BCUT2D eigenvalue weighted by Crippen LogP contribution is 2.24. The summed E-state index contributed by atoms with van der Waals surface area (Å²) in [6.45, 7) is 7.58. The first-order valence-electron chi connectivity index (χ1n) is 10.8. The van der Waals surface area contributed by atoms with Gasteiger partial charge >= 0.3 is 0 Å². The van der Waals surface area contributed by atoms with Crippen LogP contribution in [0.3, 0.4) is 0 Å². The van der Waals surface area contributed by atoms with E-state index in [4.69, 9.17) is 16.3 Å². The van der Waals surface area contributed by atoms with Crippen LogP contribution in [0.25, 0.3) is 0 Å². The van der Waals surface area contributed by atoms with E-state index in [0.717, 1.165) is 76.0 Å². The van der Waals surface area contributed by atoms with Crippen LogP contribution in [0.15, 0.2) is 47.7 Å². The third kappa shape index (κ3) is 5.64. The zero-order valence-corrected chi connectivity index (χ0v) is 18.7. The molecule has 9 heteroatoms. The van der Waals surface area contributed by atoms with Gasteiger partial charge in [0.25, 0.3) is 0 Å². The third-order valence-corrected chi connectivity index (χ3v) is 6.03. The molecule has 2 aliphatic heterocycles. The van der Waals surface area contributed by atoms with Gasteiger partial charge in [-0.1, -0.05) is 23.7 Å². The van der Waals surface area contributed by atoms with E-state index in [-0.39, 0.29) is 6.04 Å². The minimum Gasteiger partial charge on any atom is -0.379 e. The van der Waals surface area contributed by atoms with Gasteiger partial charge in [0, 0.05) is 70.3 Å². The number of nitrogens with zero attached hydrogens (tertiary/aromatic N) is 6. The Bertz CT molecular complexity index is 852. The number of nitrogens with one attached hydrogen (secondary N) is 1. The quantitative estimate of drug-likeness (QED) is 0.559. The summed E-state index contributed by atoms with van der Waals surface area (Å²) >= 11 is 6.29. The Morgan fingerprint density at radius 2 is 1.84 bits per heavy atom. The number of rotatable bonds is 5. The lowest BCUT2D eigenvalue weighted by Gasteiger charge is -2.38. The minimum atomic E-state index is 0.207. The molecule has 1 unspecified atom stereocenters. The van der Waals surface area contributed by atoms with Crippen molar-refractivity contribution in [3.63, 3.8) is 0 Å². The smallest absolute Gasteiger partial charge is 0.225 e. The molecule has 1 aromatic carbocycles. The van der Waals surface area contributed by atoms with Gasteiger partial charge in [-0.25, -0.2) is 9.97 Å². The number of hydrogen-bond acceptors (Lipinski definition) is 6. The molecule has 8 nitrogen and oxygen atoms in total. The van der Waals surface area contributed by atoms with Crippen LogP contribution < -0.4 is 10.2 Å². The van der Waals surface area contributed by atoms with Crippen molar-refractivity contribution in [2.24, 2.45) is 4.99 Å². The second-order valence-corrected chi connectivity index (χ2v) is 8.11. The van der Waals surface area contributed by atoms with Crippen molar-refractivity contribution in [3.05, 3.63) is 53.3 Å². The molecule has 1 N–H and O–H groups in total. The Kier molecular flexibility index (Phi) is 7.56. The molecule has 4 rings (SSSR count). The molecule has 2 fully saturated rings. The van der Waals surface area contributed by atoms with Crippen LogP contribution in [-0.4, -0.2) is 91.8 Å². The zero-order chi connectivity index (χ0) is 21.5. The number of ether oxygens (including phenoxy) is 1. The zero-order valence-electron chi connectivity index (χ0n) is 18.0. The van der Waals surface area contributed by atoms with Crippen LogP contribution in [0.1, 0.15) is 11.6 Å². The van der Waals surface area contributed by atoms with Crippen molar-refractivity contribution in [1.82, 2.24) is 25.1 Å². The molecule has 31 heavy (non-hydrogen) atoms. The van der Waals surface area contributed by atoms with E-state index < -0.39 is 0 Å². The first kappa shape index (κ1) is 21.8. The van der Waals surface area contributed by atoms with E-state index in [0.29, 0.717) is 0 Å². The van der Waals surface area contributed by atoms with E-state index in [1.807, 2.05) is 25.2 Å². The molecule has 0 bridgehead atoms. The molecule has 1 atom stereocenters. The minimum absolute atomic E-state index is 0.207. The summed E-state index contributed by atoms with van der Waals surface area (Å²) in [5, 5.41) is 4.37. The van der Waals surface area contributed by atoms with Crippen molar-refractivity contribution in [1.29, 1.82) is 0 Å². The van der Waals surface area contributed by atoms with Crippen molar-refractivity contribution in [2.75, 3.05) is 71.0 Å². The molecule has 0 aliphatic carbocycles. The summed E-state index contributed by atoms with van der Waals surface area (Å²) in [4.78, 5) is 20.3. The maximum Gasteiger partial charge on any atom is 0.225 e.